The zero-order valence-corrected chi connectivity index (χ0v) is 9.52. The van der Waals surface area contributed by atoms with Gasteiger partial charge in [0.2, 0.25) is 0 Å². The Hall–Kier alpha value is -1.39. The zero-order valence-electron chi connectivity index (χ0n) is 9.52. The number of ketones is 1. The Balaban J connectivity index is 2.56. The van der Waals surface area contributed by atoms with Crippen LogP contribution in [0.1, 0.15) is 26.7 Å². The number of carbonyl (C=O) groups excluding carboxylic acids is 3. The van der Waals surface area contributed by atoms with Crippen molar-refractivity contribution in [2.75, 3.05) is 13.2 Å². The molecule has 0 spiro atoms. The Morgan fingerprint density at radius 3 is 2.31 bits per heavy atom. The van der Waals surface area contributed by atoms with Crippen molar-refractivity contribution in [1.29, 1.82) is 0 Å². The van der Waals surface area contributed by atoms with E-state index in [0.717, 1.165) is 0 Å². The molecule has 0 amide bonds. The highest BCUT2D eigenvalue weighted by Crippen LogP contribution is 2.29. The van der Waals surface area contributed by atoms with Gasteiger partial charge in [0.05, 0.1) is 19.1 Å². The lowest BCUT2D eigenvalue weighted by atomic mass is 10.1. The van der Waals surface area contributed by atoms with Crippen molar-refractivity contribution in [3.8, 4) is 0 Å². The lowest BCUT2D eigenvalue weighted by molar-refractivity contribution is -0.150. The van der Waals surface area contributed by atoms with Crippen LogP contribution in [0.4, 0.5) is 0 Å². The van der Waals surface area contributed by atoms with Crippen LogP contribution in [-0.2, 0) is 23.9 Å². The van der Waals surface area contributed by atoms with Crippen molar-refractivity contribution in [2.24, 2.45) is 11.8 Å². The predicted molar refractivity (Wildman–Crippen MR) is 54.5 cm³/mol. The van der Waals surface area contributed by atoms with Gasteiger partial charge in [-0.3, -0.25) is 14.4 Å². The summed E-state index contributed by atoms with van der Waals surface area (Å²) >= 11 is 0. The summed E-state index contributed by atoms with van der Waals surface area (Å²) in [7, 11) is 0. The van der Waals surface area contributed by atoms with Crippen LogP contribution in [0.3, 0.4) is 0 Å². The van der Waals surface area contributed by atoms with E-state index in [1.165, 1.54) is 0 Å². The number of esters is 2. The van der Waals surface area contributed by atoms with Crippen LogP contribution in [0, 0.1) is 11.8 Å². The van der Waals surface area contributed by atoms with Gasteiger partial charge >= 0.3 is 11.9 Å². The van der Waals surface area contributed by atoms with Crippen molar-refractivity contribution >= 4 is 17.7 Å². The molecule has 0 bridgehead atoms. The second-order valence-electron chi connectivity index (χ2n) is 3.66. The van der Waals surface area contributed by atoms with Crippen molar-refractivity contribution in [3.63, 3.8) is 0 Å². The summed E-state index contributed by atoms with van der Waals surface area (Å²) in [6, 6.07) is 0. The largest absolute Gasteiger partial charge is 0.466 e. The third-order valence-corrected chi connectivity index (χ3v) is 2.55. The highest BCUT2D eigenvalue weighted by Gasteiger charge is 2.42. The molecule has 2 atom stereocenters. The van der Waals surface area contributed by atoms with Crippen LogP contribution >= 0.6 is 0 Å². The first kappa shape index (κ1) is 12.7. The second-order valence-corrected chi connectivity index (χ2v) is 3.66. The number of carbonyl (C=O) groups is 3. The monoisotopic (exact) mass is 228 g/mol. The van der Waals surface area contributed by atoms with Crippen molar-refractivity contribution in [3.05, 3.63) is 0 Å². The highest BCUT2D eigenvalue weighted by atomic mass is 16.5. The molecule has 0 aromatic heterocycles. The summed E-state index contributed by atoms with van der Waals surface area (Å²) in [5.41, 5.74) is 0. The van der Waals surface area contributed by atoms with E-state index in [9.17, 15) is 14.4 Å². The van der Waals surface area contributed by atoms with Gasteiger partial charge in [0.25, 0.3) is 0 Å². The van der Waals surface area contributed by atoms with Crippen LogP contribution in [-0.4, -0.2) is 30.9 Å². The maximum absolute atomic E-state index is 11.5. The van der Waals surface area contributed by atoms with Crippen molar-refractivity contribution in [2.45, 2.75) is 26.7 Å². The molecule has 0 heterocycles. The maximum atomic E-state index is 11.5. The van der Waals surface area contributed by atoms with E-state index in [2.05, 4.69) is 0 Å². The third kappa shape index (κ3) is 2.81. The van der Waals surface area contributed by atoms with E-state index in [4.69, 9.17) is 9.47 Å². The summed E-state index contributed by atoms with van der Waals surface area (Å²) in [4.78, 5) is 34.3. The molecule has 0 aromatic rings. The van der Waals surface area contributed by atoms with Gasteiger partial charge in [-0.1, -0.05) is 0 Å². The fraction of sp³-hybridized carbons (Fsp3) is 0.727. The second kappa shape index (κ2) is 5.63. The number of rotatable bonds is 4. The predicted octanol–water partition coefficient (Wildman–Crippen LogP) is 0.708. The lowest BCUT2D eigenvalue weighted by Crippen LogP contribution is -2.21. The Morgan fingerprint density at radius 1 is 1.19 bits per heavy atom. The van der Waals surface area contributed by atoms with Gasteiger partial charge < -0.3 is 9.47 Å². The third-order valence-electron chi connectivity index (χ3n) is 2.55. The number of hydrogen-bond acceptors (Lipinski definition) is 5. The molecule has 1 rings (SSSR count). The van der Waals surface area contributed by atoms with Gasteiger partial charge in [-0.25, -0.2) is 0 Å². The minimum Gasteiger partial charge on any atom is -0.466 e. The van der Waals surface area contributed by atoms with Gasteiger partial charge in [0, 0.05) is 6.42 Å². The molecular weight excluding hydrogens is 212 g/mol. The van der Waals surface area contributed by atoms with E-state index < -0.39 is 23.8 Å². The number of ether oxygens (including phenoxy) is 2. The van der Waals surface area contributed by atoms with E-state index in [1.807, 2.05) is 0 Å². The summed E-state index contributed by atoms with van der Waals surface area (Å²) in [5.74, 6) is -2.42. The smallest absolute Gasteiger partial charge is 0.316 e. The summed E-state index contributed by atoms with van der Waals surface area (Å²) < 4.78 is 9.59. The Bertz CT molecular complexity index is 297. The molecule has 0 radical (unpaired) electrons. The van der Waals surface area contributed by atoms with E-state index in [0.29, 0.717) is 0 Å². The van der Waals surface area contributed by atoms with Crippen molar-refractivity contribution in [1.82, 2.24) is 0 Å². The van der Waals surface area contributed by atoms with Gasteiger partial charge in [-0.05, 0) is 20.3 Å². The first-order chi connectivity index (χ1) is 7.60. The average Bonchev–Trinajstić information content (AvgIpc) is 2.61. The molecule has 16 heavy (non-hydrogen) atoms. The fourth-order valence-electron chi connectivity index (χ4n) is 1.79. The first-order valence-corrected chi connectivity index (χ1v) is 5.46. The molecule has 0 saturated heterocycles. The van der Waals surface area contributed by atoms with Crippen LogP contribution < -0.4 is 0 Å². The quantitative estimate of drug-likeness (QED) is 0.523. The SMILES string of the molecule is CCOC(=O)C1CC(=O)C(C(=O)OCC)C1. The van der Waals surface area contributed by atoms with Crippen LogP contribution in [0.2, 0.25) is 0 Å². The molecule has 5 nitrogen and oxygen atoms in total. The molecule has 0 N–H and O–H groups in total. The minimum atomic E-state index is -0.783. The Labute approximate surface area is 94.1 Å². The van der Waals surface area contributed by atoms with Crippen LogP contribution in [0.5, 0.6) is 0 Å². The highest BCUT2D eigenvalue weighted by molar-refractivity contribution is 6.02. The fourth-order valence-corrected chi connectivity index (χ4v) is 1.79. The summed E-state index contributed by atoms with van der Waals surface area (Å²) in [6.07, 6.45) is 0.304. The molecule has 1 aliphatic rings. The number of hydrogen-bond donors (Lipinski definition) is 0. The van der Waals surface area contributed by atoms with Gasteiger partial charge in [-0.2, -0.15) is 0 Å². The van der Waals surface area contributed by atoms with Gasteiger partial charge in [0.15, 0.2) is 0 Å². The topological polar surface area (TPSA) is 69.7 Å². The van der Waals surface area contributed by atoms with Crippen LogP contribution in [0.15, 0.2) is 0 Å². The minimum absolute atomic E-state index is 0.0856. The maximum Gasteiger partial charge on any atom is 0.316 e. The molecule has 1 saturated carbocycles. The standard InChI is InChI=1S/C11H16O5/c1-3-15-10(13)7-5-8(9(12)6-7)11(14)16-4-2/h7-8H,3-6H2,1-2H3. The summed E-state index contributed by atoms with van der Waals surface area (Å²) in [5, 5.41) is 0. The van der Waals surface area contributed by atoms with Gasteiger partial charge in [-0.15, -0.1) is 0 Å². The van der Waals surface area contributed by atoms with E-state index >= 15 is 0 Å². The molecule has 5 heteroatoms. The molecule has 90 valence electrons. The van der Waals surface area contributed by atoms with E-state index in [-0.39, 0.29) is 31.8 Å². The summed E-state index contributed by atoms with van der Waals surface area (Å²) in [6.45, 7) is 3.91. The van der Waals surface area contributed by atoms with Crippen LogP contribution in [0.25, 0.3) is 0 Å². The molecular formula is C11H16O5. The Morgan fingerprint density at radius 2 is 1.75 bits per heavy atom. The Kier molecular flexibility index (Phi) is 4.46. The number of Topliss-reactive ketones (excluding diaryl/α,β-unsaturated/α-hetero) is 1. The first-order valence-electron chi connectivity index (χ1n) is 5.46. The zero-order chi connectivity index (χ0) is 12.1. The molecule has 2 unspecified atom stereocenters. The normalized spacial score (nSPS) is 24.2. The molecule has 0 aromatic carbocycles. The molecule has 1 fully saturated rings. The molecule has 1 aliphatic carbocycles. The van der Waals surface area contributed by atoms with E-state index in [1.54, 1.807) is 13.8 Å². The molecule has 0 aliphatic heterocycles. The average molecular weight is 228 g/mol. The van der Waals surface area contributed by atoms with Crippen molar-refractivity contribution < 1.29 is 23.9 Å². The lowest BCUT2D eigenvalue weighted by Gasteiger charge is -2.08. The van der Waals surface area contributed by atoms with Gasteiger partial charge in [0.1, 0.15) is 11.7 Å².